The number of hydrogen-bond acceptors (Lipinski definition) is 3. The molecule has 0 spiro atoms. The largest absolute Gasteiger partial charge is 0.392 e. The summed E-state index contributed by atoms with van der Waals surface area (Å²) in [5.41, 5.74) is 2.19. The van der Waals surface area contributed by atoms with Crippen LogP contribution >= 0.6 is 0 Å². The molecule has 0 aromatic heterocycles. The van der Waals surface area contributed by atoms with Crippen molar-refractivity contribution in [3.8, 4) is 0 Å². The van der Waals surface area contributed by atoms with E-state index >= 15 is 0 Å². The van der Waals surface area contributed by atoms with Crippen LogP contribution in [0.15, 0.2) is 35.6 Å². The molecule has 3 heteroatoms. The van der Waals surface area contributed by atoms with Crippen molar-refractivity contribution < 1.29 is 5.11 Å². The van der Waals surface area contributed by atoms with Gasteiger partial charge < -0.3 is 15.8 Å². The van der Waals surface area contributed by atoms with Crippen LogP contribution in [0.3, 0.4) is 0 Å². The van der Waals surface area contributed by atoms with E-state index in [0.29, 0.717) is 0 Å². The van der Waals surface area contributed by atoms with E-state index in [-0.39, 0.29) is 6.61 Å². The molecule has 0 heterocycles. The summed E-state index contributed by atoms with van der Waals surface area (Å²) in [7, 11) is 0. The SMILES string of the molecule is C=N.CCN/C=C1\CC=CC=C1CO. The number of rotatable bonds is 3. The zero-order chi connectivity index (χ0) is 10.8. The van der Waals surface area contributed by atoms with Crippen LogP contribution in [-0.2, 0) is 0 Å². The van der Waals surface area contributed by atoms with Crippen LogP contribution in [0, 0.1) is 5.41 Å². The smallest absolute Gasteiger partial charge is 0.0685 e. The van der Waals surface area contributed by atoms with Gasteiger partial charge in [-0.25, -0.2) is 0 Å². The van der Waals surface area contributed by atoms with Gasteiger partial charge in [0.2, 0.25) is 0 Å². The van der Waals surface area contributed by atoms with Crippen molar-refractivity contribution in [1.29, 1.82) is 5.41 Å². The van der Waals surface area contributed by atoms with Crippen LogP contribution in [0.25, 0.3) is 0 Å². The molecule has 1 rings (SSSR count). The highest BCUT2D eigenvalue weighted by molar-refractivity contribution is 5.38. The van der Waals surface area contributed by atoms with Crippen LogP contribution in [-0.4, -0.2) is 25.0 Å². The number of nitrogens with one attached hydrogen (secondary N) is 2. The Morgan fingerprint density at radius 1 is 1.64 bits per heavy atom. The van der Waals surface area contributed by atoms with Crippen molar-refractivity contribution in [2.45, 2.75) is 13.3 Å². The van der Waals surface area contributed by atoms with E-state index < -0.39 is 0 Å². The molecular formula is C11H18N2O. The van der Waals surface area contributed by atoms with Crippen molar-refractivity contribution >= 4 is 6.72 Å². The standard InChI is InChI=1S/C10H15NO.CH3N/c1-2-11-7-9-5-3-4-6-10(9)8-12;1-2/h3-4,6-7,11-12H,2,5,8H2,1H3;2H,1H2/b9-7+;. The maximum Gasteiger partial charge on any atom is 0.0685 e. The quantitative estimate of drug-likeness (QED) is 0.598. The summed E-state index contributed by atoms with van der Waals surface area (Å²) in [6.45, 7) is 5.60. The molecule has 0 unspecified atom stereocenters. The van der Waals surface area contributed by atoms with E-state index in [4.69, 9.17) is 10.5 Å². The molecule has 0 saturated heterocycles. The Labute approximate surface area is 85.3 Å². The molecule has 1 aliphatic rings. The van der Waals surface area contributed by atoms with Crippen LogP contribution in [0.5, 0.6) is 0 Å². The van der Waals surface area contributed by atoms with E-state index in [1.54, 1.807) is 0 Å². The van der Waals surface area contributed by atoms with Crippen LogP contribution < -0.4 is 5.32 Å². The minimum absolute atomic E-state index is 0.127. The van der Waals surface area contributed by atoms with Crippen molar-refractivity contribution in [3.63, 3.8) is 0 Å². The summed E-state index contributed by atoms with van der Waals surface area (Å²) >= 11 is 0. The molecule has 0 radical (unpaired) electrons. The van der Waals surface area contributed by atoms with Gasteiger partial charge in [-0.1, -0.05) is 18.2 Å². The zero-order valence-electron chi connectivity index (χ0n) is 8.59. The van der Waals surface area contributed by atoms with Gasteiger partial charge in [-0.2, -0.15) is 0 Å². The molecule has 0 saturated carbocycles. The van der Waals surface area contributed by atoms with Crippen LogP contribution in [0.4, 0.5) is 0 Å². The molecule has 0 atom stereocenters. The summed E-state index contributed by atoms with van der Waals surface area (Å²) in [6.07, 6.45) is 8.91. The predicted octanol–water partition coefficient (Wildman–Crippen LogP) is 1.62. The minimum Gasteiger partial charge on any atom is -0.392 e. The maximum atomic E-state index is 8.99. The van der Waals surface area contributed by atoms with Gasteiger partial charge in [0.25, 0.3) is 0 Å². The van der Waals surface area contributed by atoms with Gasteiger partial charge in [0, 0.05) is 12.7 Å². The summed E-state index contributed by atoms with van der Waals surface area (Å²) < 4.78 is 0. The number of hydrogen-bond donors (Lipinski definition) is 3. The minimum atomic E-state index is 0.127. The summed E-state index contributed by atoms with van der Waals surface area (Å²) in [4.78, 5) is 0. The van der Waals surface area contributed by atoms with Gasteiger partial charge in [0.1, 0.15) is 0 Å². The second-order valence-electron chi connectivity index (χ2n) is 2.71. The van der Waals surface area contributed by atoms with Crippen molar-refractivity contribution in [3.05, 3.63) is 35.6 Å². The Hall–Kier alpha value is -1.35. The molecular weight excluding hydrogens is 176 g/mol. The predicted molar refractivity (Wildman–Crippen MR) is 60.5 cm³/mol. The fourth-order valence-corrected chi connectivity index (χ4v) is 1.15. The zero-order valence-corrected chi connectivity index (χ0v) is 8.59. The van der Waals surface area contributed by atoms with E-state index in [2.05, 4.69) is 25.0 Å². The lowest BCUT2D eigenvalue weighted by Gasteiger charge is -2.11. The molecule has 1 aliphatic carbocycles. The Bertz CT molecular complexity index is 242. The Morgan fingerprint density at radius 3 is 2.93 bits per heavy atom. The van der Waals surface area contributed by atoms with E-state index in [0.717, 1.165) is 18.5 Å². The fourth-order valence-electron chi connectivity index (χ4n) is 1.15. The topological polar surface area (TPSA) is 56.1 Å². The molecule has 3 nitrogen and oxygen atoms in total. The van der Waals surface area contributed by atoms with Gasteiger partial charge in [-0.05, 0) is 31.2 Å². The highest BCUT2D eigenvalue weighted by atomic mass is 16.3. The molecule has 0 aromatic rings. The van der Waals surface area contributed by atoms with Crippen molar-refractivity contribution in [2.75, 3.05) is 13.2 Å². The lowest BCUT2D eigenvalue weighted by Crippen LogP contribution is -2.07. The first-order chi connectivity index (χ1) is 6.88. The summed E-state index contributed by atoms with van der Waals surface area (Å²) in [5, 5.41) is 17.6. The third-order valence-electron chi connectivity index (χ3n) is 1.83. The second kappa shape index (κ2) is 8.26. The fraction of sp³-hybridized carbons (Fsp3) is 0.364. The lowest BCUT2D eigenvalue weighted by molar-refractivity contribution is 0.332. The van der Waals surface area contributed by atoms with Gasteiger partial charge >= 0.3 is 0 Å². The first kappa shape index (κ1) is 12.7. The third-order valence-corrected chi connectivity index (χ3v) is 1.83. The van der Waals surface area contributed by atoms with Crippen molar-refractivity contribution in [2.24, 2.45) is 0 Å². The van der Waals surface area contributed by atoms with Gasteiger partial charge in [-0.3, -0.25) is 0 Å². The van der Waals surface area contributed by atoms with E-state index in [1.807, 2.05) is 18.4 Å². The average Bonchev–Trinajstić information content (AvgIpc) is 2.29. The molecule has 0 aliphatic heterocycles. The Kier molecular flexibility index (Phi) is 7.46. The van der Waals surface area contributed by atoms with Crippen LogP contribution in [0.1, 0.15) is 13.3 Å². The van der Waals surface area contributed by atoms with Crippen molar-refractivity contribution in [1.82, 2.24) is 5.32 Å². The molecule has 14 heavy (non-hydrogen) atoms. The third kappa shape index (κ3) is 4.05. The maximum absolute atomic E-state index is 8.99. The molecule has 0 bridgehead atoms. The lowest BCUT2D eigenvalue weighted by atomic mass is 10.00. The number of allylic oxidation sites excluding steroid dienone is 3. The number of aliphatic hydroxyl groups excluding tert-OH is 1. The summed E-state index contributed by atoms with van der Waals surface area (Å²) in [6, 6.07) is 0. The monoisotopic (exact) mass is 194 g/mol. The first-order valence-electron chi connectivity index (χ1n) is 4.63. The number of aliphatic hydroxyl groups is 1. The van der Waals surface area contributed by atoms with Gasteiger partial charge in [0.15, 0.2) is 0 Å². The highest BCUT2D eigenvalue weighted by Crippen LogP contribution is 2.17. The van der Waals surface area contributed by atoms with Gasteiger partial charge in [0.05, 0.1) is 6.61 Å². The highest BCUT2D eigenvalue weighted by Gasteiger charge is 2.04. The average molecular weight is 194 g/mol. The van der Waals surface area contributed by atoms with E-state index in [1.165, 1.54) is 5.57 Å². The molecule has 78 valence electrons. The second-order valence-corrected chi connectivity index (χ2v) is 2.71. The Balaban J connectivity index is 0.000000791. The van der Waals surface area contributed by atoms with Crippen LogP contribution in [0.2, 0.25) is 0 Å². The molecule has 0 aromatic carbocycles. The molecule has 0 fully saturated rings. The molecule has 3 N–H and O–H groups in total. The van der Waals surface area contributed by atoms with Gasteiger partial charge in [-0.15, -0.1) is 0 Å². The molecule has 0 amide bonds. The Morgan fingerprint density at radius 2 is 2.36 bits per heavy atom. The normalized spacial score (nSPS) is 17.0. The first-order valence-corrected chi connectivity index (χ1v) is 4.63. The van der Waals surface area contributed by atoms with E-state index in [9.17, 15) is 0 Å². The summed E-state index contributed by atoms with van der Waals surface area (Å²) in [5.74, 6) is 0.